The van der Waals surface area contributed by atoms with E-state index in [1.165, 1.54) is 10.9 Å². The molecule has 0 spiro atoms. The summed E-state index contributed by atoms with van der Waals surface area (Å²) < 4.78 is 0. The van der Waals surface area contributed by atoms with Crippen LogP contribution in [0.3, 0.4) is 0 Å². The van der Waals surface area contributed by atoms with Crippen LogP contribution in [0.25, 0.3) is 22.3 Å². The van der Waals surface area contributed by atoms with Crippen LogP contribution in [0.4, 0.5) is 0 Å². The maximum absolute atomic E-state index is 12.7. The van der Waals surface area contributed by atoms with Crippen molar-refractivity contribution in [3.63, 3.8) is 0 Å². The topological polar surface area (TPSA) is 77.7 Å². The van der Waals surface area contributed by atoms with Crippen LogP contribution in [0.1, 0.15) is 30.7 Å². The SMILES string of the molecule is O=C(CCc1c[nH]c2ccccc12)N1CCC(Cc2nc(-c3ccccc3)n[nH]2)CC1. The molecule has 1 aliphatic heterocycles. The van der Waals surface area contributed by atoms with Crippen LogP contribution >= 0.6 is 0 Å². The predicted octanol–water partition coefficient (Wildman–Crippen LogP) is 4.37. The first-order valence-corrected chi connectivity index (χ1v) is 11.1. The zero-order chi connectivity index (χ0) is 21.0. The molecule has 31 heavy (non-hydrogen) atoms. The maximum atomic E-state index is 12.7. The minimum absolute atomic E-state index is 0.259. The molecule has 0 bridgehead atoms. The van der Waals surface area contributed by atoms with Gasteiger partial charge in [0.2, 0.25) is 5.91 Å². The molecular formula is C25H27N5O. The number of nitrogens with zero attached hydrogens (tertiary/aromatic N) is 3. The van der Waals surface area contributed by atoms with Crippen LogP contribution in [-0.4, -0.2) is 44.1 Å². The molecule has 0 aliphatic carbocycles. The first-order valence-electron chi connectivity index (χ1n) is 11.1. The number of para-hydroxylation sites is 1. The van der Waals surface area contributed by atoms with Gasteiger partial charge in [-0.05, 0) is 36.8 Å². The van der Waals surface area contributed by atoms with Gasteiger partial charge in [-0.3, -0.25) is 9.89 Å². The van der Waals surface area contributed by atoms with Crippen LogP contribution < -0.4 is 0 Å². The van der Waals surface area contributed by atoms with Crippen molar-refractivity contribution in [2.75, 3.05) is 13.1 Å². The Morgan fingerprint density at radius 2 is 1.81 bits per heavy atom. The lowest BCUT2D eigenvalue weighted by atomic mass is 9.93. The summed E-state index contributed by atoms with van der Waals surface area (Å²) in [5.74, 6) is 2.48. The molecule has 0 saturated carbocycles. The Labute approximate surface area is 181 Å². The molecule has 1 saturated heterocycles. The smallest absolute Gasteiger partial charge is 0.222 e. The average molecular weight is 414 g/mol. The summed E-state index contributed by atoms with van der Waals surface area (Å²) in [6.07, 6.45) is 6.29. The minimum atomic E-state index is 0.259. The average Bonchev–Trinajstić information content (AvgIpc) is 3.46. The van der Waals surface area contributed by atoms with E-state index < -0.39 is 0 Å². The summed E-state index contributed by atoms with van der Waals surface area (Å²) in [4.78, 5) is 22.7. The van der Waals surface area contributed by atoms with Crippen molar-refractivity contribution in [2.45, 2.75) is 32.1 Å². The number of benzene rings is 2. The van der Waals surface area contributed by atoms with Crippen LogP contribution in [0.2, 0.25) is 0 Å². The quantitative estimate of drug-likeness (QED) is 0.493. The van der Waals surface area contributed by atoms with E-state index in [9.17, 15) is 4.79 Å². The highest BCUT2D eigenvalue weighted by Crippen LogP contribution is 2.23. The van der Waals surface area contributed by atoms with Crippen molar-refractivity contribution in [1.29, 1.82) is 0 Å². The lowest BCUT2D eigenvalue weighted by molar-refractivity contribution is -0.132. The number of aryl methyl sites for hydroxylation is 1. The molecular weight excluding hydrogens is 386 g/mol. The van der Waals surface area contributed by atoms with Crippen LogP contribution in [0.5, 0.6) is 0 Å². The number of aromatic nitrogens is 4. The standard InChI is InChI=1S/C25H27N5O/c31-24(11-10-20-17-26-22-9-5-4-8-21(20)22)30-14-12-18(13-15-30)16-23-27-25(29-28-23)19-6-2-1-3-7-19/h1-9,17-18,26H,10-16H2,(H,27,28,29). The number of aromatic amines is 2. The van der Waals surface area contributed by atoms with E-state index >= 15 is 0 Å². The molecule has 6 heteroatoms. The van der Waals surface area contributed by atoms with Gasteiger partial charge in [-0.25, -0.2) is 4.98 Å². The number of piperidine rings is 1. The van der Waals surface area contributed by atoms with Crippen molar-refractivity contribution >= 4 is 16.8 Å². The first kappa shape index (κ1) is 19.5. The summed E-state index contributed by atoms with van der Waals surface area (Å²) >= 11 is 0. The molecule has 1 amide bonds. The van der Waals surface area contributed by atoms with E-state index in [0.29, 0.717) is 12.3 Å². The highest BCUT2D eigenvalue weighted by atomic mass is 16.2. The largest absolute Gasteiger partial charge is 0.361 e. The number of likely N-dealkylation sites (tertiary alicyclic amines) is 1. The first-order chi connectivity index (χ1) is 15.3. The van der Waals surface area contributed by atoms with Gasteiger partial charge in [0.1, 0.15) is 5.82 Å². The van der Waals surface area contributed by atoms with Gasteiger partial charge in [-0.15, -0.1) is 0 Å². The molecule has 6 nitrogen and oxygen atoms in total. The Balaban J connectivity index is 1.11. The number of rotatable bonds is 6. The molecule has 0 unspecified atom stereocenters. The normalized spacial score (nSPS) is 14.9. The van der Waals surface area contributed by atoms with Crippen molar-refractivity contribution in [3.8, 4) is 11.4 Å². The van der Waals surface area contributed by atoms with Crippen molar-refractivity contribution in [3.05, 3.63) is 72.2 Å². The number of nitrogens with one attached hydrogen (secondary N) is 2. The van der Waals surface area contributed by atoms with Gasteiger partial charge in [0.15, 0.2) is 5.82 Å². The number of amides is 1. The number of carbonyl (C=O) groups excluding carboxylic acids is 1. The summed E-state index contributed by atoms with van der Waals surface area (Å²) in [5.41, 5.74) is 3.38. The van der Waals surface area contributed by atoms with Crippen molar-refractivity contribution < 1.29 is 4.79 Å². The fourth-order valence-corrected chi connectivity index (χ4v) is 4.50. The van der Waals surface area contributed by atoms with E-state index in [1.54, 1.807) is 0 Å². The number of hydrogen-bond donors (Lipinski definition) is 2. The molecule has 158 valence electrons. The number of fused-ring (bicyclic) bond motifs is 1. The second-order valence-corrected chi connectivity index (χ2v) is 8.36. The van der Waals surface area contributed by atoms with E-state index in [4.69, 9.17) is 0 Å². The zero-order valence-corrected chi connectivity index (χ0v) is 17.6. The zero-order valence-electron chi connectivity index (χ0n) is 17.6. The third-order valence-corrected chi connectivity index (χ3v) is 6.30. The van der Waals surface area contributed by atoms with E-state index in [-0.39, 0.29) is 5.91 Å². The van der Waals surface area contributed by atoms with Gasteiger partial charge >= 0.3 is 0 Å². The Morgan fingerprint density at radius 1 is 1.03 bits per heavy atom. The van der Waals surface area contributed by atoms with E-state index in [0.717, 1.165) is 61.5 Å². The summed E-state index contributed by atoms with van der Waals surface area (Å²) in [6.45, 7) is 1.66. The molecule has 0 atom stereocenters. The molecule has 1 fully saturated rings. The second kappa shape index (κ2) is 8.76. The second-order valence-electron chi connectivity index (χ2n) is 8.36. The molecule has 0 radical (unpaired) electrons. The summed E-state index contributed by atoms with van der Waals surface area (Å²) in [6, 6.07) is 18.3. The van der Waals surface area contributed by atoms with Crippen LogP contribution in [0, 0.1) is 5.92 Å². The Kier molecular flexibility index (Phi) is 5.52. The third-order valence-electron chi connectivity index (χ3n) is 6.30. The highest BCUT2D eigenvalue weighted by Gasteiger charge is 2.24. The molecule has 1 aliphatic rings. The van der Waals surface area contributed by atoms with Crippen LogP contribution in [-0.2, 0) is 17.6 Å². The Bertz CT molecular complexity index is 1150. The molecule has 2 N–H and O–H groups in total. The van der Waals surface area contributed by atoms with Gasteiger partial charge in [-0.2, -0.15) is 5.10 Å². The third kappa shape index (κ3) is 4.38. The fourth-order valence-electron chi connectivity index (χ4n) is 4.50. The number of carbonyl (C=O) groups is 1. The minimum Gasteiger partial charge on any atom is -0.361 e. The van der Waals surface area contributed by atoms with Crippen LogP contribution in [0.15, 0.2) is 60.8 Å². The van der Waals surface area contributed by atoms with Gasteiger partial charge in [0, 0.05) is 48.6 Å². The van der Waals surface area contributed by atoms with Gasteiger partial charge in [0.25, 0.3) is 0 Å². The highest BCUT2D eigenvalue weighted by molar-refractivity contribution is 5.84. The van der Waals surface area contributed by atoms with Gasteiger partial charge in [0.05, 0.1) is 0 Å². The fraction of sp³-hybridized carbons (Fsp3) is 0.320. The maximum Gasteiger partial charge on any atom is 0.222 e. The van der Waals surface area contributed by atoms with Crippen molar-refractivity contribution in [1.82, 2.24) is 25.1 Å². The molecule has 3 heterocycles. The molecule has 4 aromatic rings. The Hall–Kier alpha value is -3.41. The Morgan fingerprint density at radius 3 is 2.65 bits per heavy atom. The molecule has 2 aromatic carbocycles. The predicted molar refractivity (Wildman–Crippen MR) is 121 cm³/mol. The van der Waals surface area contributed by atoms with E-state index in [2.05, 4.69) is 32.3 Å². The van der Waals surface area contributed by atoms with Gasteiger partial charge < -0.3 is 9.88 Å². The van der Waals surface area contributed by atoms with E-state index in [1.807, 2.05) is 53.6 Å². The summed E-state index contributed by atoms with van der Waals surface area (Å²) in [5, 5.41) is 8.67. The molecule has 2 aromatic heterocycles. The lowest BCUT2D eigenvalue weighted by Gasteiger charge is -2.31. The number of hydrogen-bond acceptors (Lipinski definition) is 3. The molecule has 5 rings (SSSR count). The van der Waals surface area contributed by atoms with Gasteiger partial charge in [-0.1, -0.05) is 48.5 Å². The van der Waals surface area contributed by atoms with Crippen molar-refractivity contribution in [2.24, 2.45) is 5.92 Å². The lowest BCUT2D eigenvalue weighted by Crippen LogP contribution is -2.39. The monoisotopic (exact) mass is 413 g/mol. The number of H-pyrrole nitrogens is 2. The summed E-state index contributed by atoms with van der Waals surface area (Å²) in [7, 11) is 0.